The third kappa shape index (κ3) is 4.00. The molecular weight excluding hydrogens is 425 g/mol. The smallest absolute Gasteiger partial charge is 0.305 e. The molecule has 0 amide bonds. The number of hydrogen-bond donors (Lipinski definition) is 4. The van der Waals surface area contributed by atoms with Crippen molar-refractivity contribution in [1.29, 1.82) is 0 Å². The van der Waals surface area contributed by atoms with Gasteiger partial charge in [-0.25, -0.2) is 10.9 Å². The summed E-state index contributed by atoms with van der Waals surface area (Å²) in [5.74, 6) is 2.55. The van der Waals surface area contributed by atoms with Crippen LogP contribution < -0.4 is 21.5 Å². The number of halogens is 2. The van der Waals surface area contributed by atoms with Gasteiger partial charge in [0, 0.05) is 41.7 Å². The van der Waals surface area contributed by atoms with Crippen molar-refractivity contribution in [3.05, 3.63) is 63.2 Å². The lowest BCUT2D eigenvalue weighted by Crippen LogP contribution is -2.92. The van der Waals surface area contributed by atoms with E-state index >= 15 is 0 Å². The Morgan fingerprint density at radius 1 is 1.17 bits per heavy atom. The average molecular weight is 449 g/mol. The fourth-order valence-corrected chi connectivity index (χ4v) is 4.43. The number of aromatic nitrogens is 2. The Morgan fingerprint density at radius 2 is 2.03 bits per heavy atom. The molecule has 0 bridgehead atoms. The molecule has 1 saturated heterocycles. The summed E-state index contributed by atoms with van der Waals surface area (Å²) >= 11 is 12.6. The van der Waals surface area contributed by atoms with Gasteiger partial charge < -0.3 is 20.0 Å². The number of piperidine rings is 1. The minimum atomic E-state index is 0.331. The van der Waals surface area contributed by atoms with Gasteiger partial charge in [-0.1, -0.05) is 23.2 Å². The molecule has 1 aromatic heterocycles. The topological polar surface area (TPSA) is 94.9 Å². The molecule has 8 nitrogen and oxygen atoms in total. The summed E-state index contributed by atoms with van der Waals surface area (Å²) in [7, 11) is 0. The molecule has 3 aliphatic heterocycles. The van der Waals surface area contributed by atoms with E-state index < -0.39 is 0 Å². The van der Waals surface area contributed by atoms with Gasteiger partial charge in [-0.05, 0) is 49.7 Å². The number of quaternary nitrogens is 1. The fraction of sp³-hybridized carbons (Fsp3) is 0.400. The molecule has 0 atom stereocenters. The summed E-state index contributed by atoms with van der Waals surface area (Å²) in [5.41, 5.74) is 8.14. The molecule has 2 aromatic rings. The Labute approximate surface area is 184 Å². The molecule has 158 valence electrons. The first-order valence-corrected chi connectivity index (χ1v) is 11.0. The van der Waals surface area contributed by atoms with Crippen molar-refractivity contribution in [2.45, 2.75) is 25.3 Å². The highest BCUT2D eigenvalue weighted by Crippen LogP contribution is 2.28. The van der Waals surface area contributed by atoms with E-state index in [0.29, 0.717) is 28.4 Å². The van der Waals surface area contributed by atoms with Gasteiger partial charge in [-0.2, -0.15) is 0 Å². The maximum absolute atomic E-state index is 6.40. The molecule has 3 aliphatic rings. The average Bonchev–Trinajstić information content (AvgIpc) is 3.27. The Bertz CT molecular complexity index is 997. The van der Waals surface area contributed by atoms with E-state index in [1.54, 1.807) is 6.07 Å². The van der Waals surface area contributed by atoms with Crippen LogP contribution in [0.3, 0.4) is 0 Å². The van der Waals surface area contributed by atoms with Gasteiger partial charge in [0.2, 0.25) is 11.6 Å². The van der Waals surface area contributed by atoms with Crippen molar-refractivity contribution >= 4 is 28.9 Å². The van der Waals surface area contributed by atoms with Crippen LogP contribution in [0.5, 0.6) is 0 Å². The Morgan fingerprint density at radius 3 is 2.90 bits per heavy atom. The number of nitrogens with two attached hydrogens (primary N) is 1. The van der Waals surface area contributed by atoms with E-state index in [9.17, 15) is 0 Å². The Kier molecular flexibility index (Phi) is 5.56. The molecule has 0 spiro atoms. The second-order valence-corrected chi connectivity index (χ2v) is 8.55. The monoisotopic (exact) mass is 448 g/mol. The van der Waals surface area contributed by atoms with Crippen LogP contribution in [0.4, 0.5) is 0 Å². The van der Waals surface area contributed by atoms with Gasteiger partial charge >= 0.3 is 5.89 Å². The van der Waals surface area contributed by atoms with E-state index in [1.807, 2.05) is 17.6 Å². The van der Waals surface area contributed by atoms with Gasteiger partial charge in [0.05, 0.1) is 5.70 Å². The van der Waals surface area contributed by atoms with Gasteiger partial charge in [-0.3, -0.25) is 0 Å². The van der Waals surface area contributed by atoms with Crippen LogP contribution in [0, 0.1) is 0 Å². The zero-order chi connectivity index (χ0) is 20.5. The molecule has 5 N–H and O–H groups in total. The summed E-state index contributed by atoms with van der Waals surface area (Å²) in [4.78, 5) is 2.27. The summed E-state index contributed by atoms with van der Waals surface area (Å²) in [6.45, 7) is 4.32. The molecule has 0 unspecified atom stereocenters. The summed E-state index contributed by atoms with van der Waals surface area (Å²) in [6.07, 6.45) is 4.13. The van der Waals surface area contributed by atoms with E-state index in [-0.39, 0.29) is 0 Å². The zero-order valence-electron chi connectivity index (χ0n) is 16.4. The van der Waals surface area contributed by atoms with E-state index in [1.165, 1.54) is 0 Å². The molecule has 10 heteroatoms. The third-order valence-electron chi connectivity index (χ3n) is 5.69. The molecule has 1 aromatic carbocycles. The van der Waals surface area contributed by atoms with Crippen LogP contribution >= 0.6 is 23.2 Å². The van der Waals surface area contributed by atoms with Crippen molar-refractivity contribution in [3.8, 4) is 0 Å². The first kappa shape index (κ1) is 19.7. The third-order valence-corrected chi connectivity index (χ3v) is 6.29. The van der Waals surface area contributed by atoms with E-state index in [2.05, 4.69) is 37.2 Å². The first-order valence-electron chi connectivity index (χ1n) is 10.2. The van der Waals surface area contributed by atoms with Crippen LogP contribution in [0.1, 0.15) is 36.1 Å². The van der Waals surface area contributed by atoms with Crippen molar-refractivity contribution in [2.24, 2.45) is 0 Å². The minimum Gasteiger partial charge on any atom is -0.416 e. The number of nitrogens with one attached hydrogen (secondary N) is 3. The quantitative estimate of drug-likeness (QED) is 0.526. The Hall–Kier alpha value is -2.26. The Balaban J connectivity index is 1.39. The van der Waals surface area contributed by atoms with Gasteiger partial charge in [-0.15, -0.1) is 10.2 Å². The molecular formula is C20H24Cl2N7O+. The summed E-state index contributed by atoms with van der Waals surface area (Å²) in [6, 6.07) is 5.56. The lowest BCUT2D eigenvalue weighted by atomic mass is 9.98. The zero-order valence-corrected chi connectivity index (χ0v) is 17.9. The predicted molar refractivity (Wildman–Crippen MR) is 114 cm³/mol. The second-order valence-electron chi connectivity index (χ2n) is 7.70. The highest BCUT2D eigenvalue weighted by Gasteiger charge is 2.29. The standard InChI is InChI=1S/C20H23Cl2N7O/c21-14-1-2-15(22)13(9-14)11-29-8-7-24-18-17(29)10-16(25-26-18)20-28-27-19(30-20)12-3-5-23-6-4-12/h1-2,9-10,12,23-26H,3-8,11H2/p+1. The lowest BCUT2D eigenvalue weighted by molar-refractivity contribution is -0.621. The van der Waals surface area contributed by atoms with Crippen LogP contribution in [0.2, 0.25) is 10.0 Å². The maximum atomic E-state index is 6.40. The van der Waals surface area contributed by atoms with Crippen LogP contribution in [-0.4, -0.2) is 41.3 Å². The number of rotatable bonds is 4. The van der Waals surface area contributed by atoms with Gasteiger partial charge in [0.15, 0.2) is 5.82 Å². The van der Waals surface area contributed by atoms with Crippen molar-refractivity contribution in [3.63, 3.8) is 0 Å². The van der Waals surface area contributed by atoms with Gasteiger partial charge in [0.25, 0.3) is 0 Å². The fourth-order valence-electron chi connectivity index (χ4n) is 4.06. The van der Waals surface area contributed by atoms with Crippen molar-refractivity contribution in [2.75, 3.05) is 26.2 Å². The number of nitrogens with zero attached hydrogens (tertiary/aromatic N) is 3. The minimum absolute atomic E-state index is 0.331. The molecule has 0 radical (unpaired) electrons. The molecule has 30 heavy (non-hydrogen) atoms. The van der Waals surface area contributed by atoms with E-state index in [4.69, 9.17) is 27.6 Å². The van der Waals surface area contributed by atoms with E-state index in [0.717, 1.165) is 67.7 Å². The largest absolute Gasteiger partial charge is 0.416 e. The SMILES string of the molecule is Clc1ccc(Cl)c(CN2CCNC3=C2C=C(c2nnc(C4CCNCC4)o2)[NH2+]N3)c1. The predicted octanol–water partition coefficient (Wildman–Crippen LogP) is 1.54. The van der Waals surface area contributed by atoms with Crippen LogP contribution in [0.15, 0.2) is 40.2 Å². The molecule has 5 rings (SSSR count). The molecule has 0 aliphatic carbocycles. The van der Waals surface area contributed by atoms with Crippen LogP contribution in [-0.2, 0) is 6.54 Å². The number of benzene rings is 1. The highest BCUT2D eigenvalue weighted by molar-refractivity contribution is 6.33. The molecule has 1 fully saturated rings. The summed E-state index contributed by atoms with van der Waals surface area (Å²) in [5, 5.41) is 16.8. The second kappa shape index (κ2) is 8.47. The molecule has 4 heterocycles. The highest BCUT2D eigenvalue weighted by atomic mass is 35.5. The summed E-state index contributed by atoms with van der Waals surface area (Å²) < 4.78 is 6.04. The maximum Gasteiger partial charge on any atom is 0.305 e. The van der Waals surface area contributed by atoms with Crippen molar-refractivity contribution < 1.29 is 9.84 Å². The van der Waals surface area contributed by atoms with Gasteiger partial charge in [0.1, 0.15) is 0 Å². The van der Waals surface area contributed by atoms with Crippen molar-refractivity contribution in [1.82, 2.24) is 31.2 Å². The number of hydrogen-bond acceptors (Lipinski definition) is 7. The lowest BCUT2D eigenvalue weighted by Gasteiger charge is -2.34. The van der Waals surface area contributed by atoms with Crippen LogP contribution in [0.25, 0.3) is 5.70 Å². The number of allylic oxidation sites excluding steroid dienone is 1. The first-order chi connectivity index (χ1) is 14.7. The molecule has 0 saturated carbocycles. The normalized spacial score (nSPS) is 19.8.